The number of hydrogen-bond acceptors (Lipinski definition) is 2. The van der Waals surface area contributed by atoms with Crippen LogP contribution in [0.3, 0.4) is 0 Å². The van der Waals surface area contributed by atoms with E-state index in [1.165, 1.54) is 11.1 Å². The van der Waals surface area contributed by atoms with E-state index in [-0.39, 0.29) is 11.3 Å². The topological polar surface area (TPSA) is 42.0 Å². The number of nitrogens with one attached hydrogen (secondary N) is 1. The summed E-state index contributed by atoms with van der Waals surface area (Å²) >= 11 is 0. The minimum Gasteiger partial charge on any atom is -0.351 e. The molecule has 1 N–H and O–H groups in total. The van der Waals surface area contributed by atoms with Gasteiger partial charge < -0.3 is 5.32 Å². The van der Waals surface area contributed by atoms with Crippen molar-refractivity contribution in [2.45, 2.75) is 32.1 Å². The lowest BCUT2D eigenvalue weighted by Gasteiger charge is -2.17. The van der Waals surface area contributed by atoms with Crippen LogP contribution < -0.4 is 5.32 Å². The summed E-state index contributed by atoms with van der Waals surface area (Å²) < 4.78 is 0. The molecule has 0 unspecified atom stereocenters. The van der Waals surface area contributed by atoms with Gasteiger partial charge in [-0.05, 0) is 50.5 Å². The van der Waals surface area contributed by atoms with Gasteiger partial charge in [0.1, 0.15) is 0 Å². The van der Waals surface area contributed by atoms with Crippen LogP contribution in [0.4, 0.5) is 0 Å². The number of fused-ring (bicyclic) bond motifs is 1. The van der Waals surface area contributed by atoms with Crippen LogP contribution in [0.1, 0.15) is 40.0 Å². The molecular formula is C22H22N2O. The maximum Gasteiger partial charge on any atom is 0.253 e. The zero-order chi connectivity index (χ0) is 17.4. The number of benzene rings is 2. The van der Waals surface area contributed by atoms with Crippen LogP contribution in [0.5, 0.6) is 0 Å². The van der Waals surface area contributed by atoms with E-state index >= 15 is 0 Å². The smallest absolute Gasteiger partial charge is 0.253 e. The summed E-state index contributed by atoms with van der Waals surface area (Å²) in [6.45, 7) is 4.63. The second kappa shape index (κ2) is 5.99. The van der Waals surface area contributed by atoms with Crippen LogP contribution in [0.25, 0.3) is 10.9 Å². The molecule has 2 aromatic carbocycles. The zero-order valence-electron chi connectivity index (χ0n) is 14.7. The number of nitrogens with zero attached hydrogens (tertiary/aromatic N) is 1. The Morgan fingerprint density at radius 3 is 2.56 bits per heavy atom. The van der Waals surface area contributed by atoms with Crippen molar-refractivity contribution in [1.82, 2.24) is 10.3 Å². The van der Waals surface area contributed by atoms with E-state index in [1.807, 2.05) is 31.2 Å². The second-order valence-electron chi connectivity index (χ2n) is 7.15. The normalized spacial score (nSPS) is 15.1. The standard InChI is InChI=1S/C22H22N2O/c1-15-8-9-20-17(12-15)13-19(16(2)24-20)21(25)23-14-22(10-11-22)18-6-4-3-5-7-18/h3-9,12-13H,10-11,14H2,1-2H3,(H,23,25). The SMILES string of the molecule is Cc1ccc2nc(C)c(C(=O)NCC3(c4ccccc4)CC3)cc2c1. The predicted molar refractivity (Wildman–Crippen MR) is 101 cm³/mol. The maximum absolute atomic E-state index is 12.7. The van der Waals surface area contributed by atoms with Crippen LogP contribution in [-0.2, 0) is 5.41 Å². The number of pyridine rings is 1. The molecule has 126 valence electrons. The number of carbonyl (C=O) groups excluding carboxylic acids is 1. The van der Waals surface area contributed by atoms with Gasteiger partial charge in [-0.25, -0.2) is 0 Å². The molecular weight excluding hydrogens is 308 g/mol. The van der Waals surface area contributed by atoms with Gasteiger partial charge in [0.15, 0.2) is 0 Å². The quantitative estimate of drug-likeness (QED) is 0.774. The number of aryl methyl sites for hydroxylation is 2. The maximum atomic E-state index is 12.7. The van der Waals surface area contributed by atoms with Crippen molar-refractivity contribution >= 4 is 16.8 Å². The number of aromatic nitrogens is 1. The van der Waals surface area contributed by atoms with Crippen LogP contribution in [0, 0.1) is 13.8 Å². The Labute approximate surface area is 148 Å². The summed E-state index contributed by atoms with van der Waals surface area (Å²) in [5, 5.41) is 4.16. The largest absolute Gasteiger partial charge is 0.351 e. The van der Waals surface area contributed by atoms with Gasteiger partial charge in [-0.1, -0.05) is 42.0 Å². The molecule has 1 aromatic heterocycles. The first kappa shape index (κ1) is 15.8. The molecule has 0 aliphatic heterocycles. The molecule has 0 atom stereocenters. The van der Waals surface area contributed by atoms with Crippen LogP contribution >= 0.6 is 0 Å². The number of rotatable bonds is 4. The first-order valence-corrected chi connectivity index (χ1v) is 8.79. The van der Waals surface area contributed by atoms with E-state index in [0.29, 0.717) is 12.1 Å². The fourth-order valence-electron chi connectivity index (χ4n) is 3.48. The summed E-state index contributed by atoms with van der Waals surface area (Å²) in [5.41, 5.74) is 4.99. The molecule has 0 spiro atoms. The molecule has 4 rings (SSSR count). The summed E-state index contributed by atoms with van der Waals surface area (Å²) in [6.07, 6.45) is 2.26. The predicted octanol–water partition coefficient (Wildman–Crippen LogP) is 4.31. The lowest BCUT2D eigenvalue weighted by atomic mass is 9.96. The summed E-state index contributed by atoms with van der Waals surface area (Å²) in [7, 11) is 0. The van der Waals surface area contributed by atoms with Crippen LogP contribution in [0.2, 0.25) is 0 Å². The first-order valence-electron chi connectivity index (χ1n) is 8.79. The highest BCUT2D eigenvalue weighted by Gasteiger charge is 2.44. The Hall–Kier alpha value is -2.68. The fourth-order valence-corrected chi connectivity index (χ4v) is 3.48. The zero-order valence-corrected chi connectivity index (χ0v) is 14.7. The average molecular weight is 330 g/mol. The van der Waals surface area contributed by atoms with Gasteiger partial charge in [0, 0.05) is 17.3 Å². The summed E-state index contributed by atoms with van der Waals surface area (Å²) in [5.74, 6) is -0.0318. The highest BCUT2D eigenvalue weighted by Crippen LogP contribution is 2.47. The third-order valence-corrected chi connectivity index (χ3v) is 5.23. The number of amides is 1. The molecule has 1 aliphatic rings. The number of carbonyl (C=O) groups is 1. The molecule has 3 heteroatoms. The van der Waals surface area contributed by atoms with Crippen LogP contribution in [-0.4, -0.2) is 17.4 Å². The molecule has 0 radical (unpaired) electrons. The molecule has 3 nitrogen and oxygen atoms in total. The lowest BCUT2D eigenvalue weighted by molar-refractivity contribution is 0.0949. The molecule has 25 heavy (non-hydrogen) atoms. The minimum absolute atomic E-state index is 0.0318. The van der Waals surface area contributed by atoms with Crippen molar-refractivity contribution in [1.29, 1.82) is 0 Å². The lowest BCUT2D eigenvalue weighted by Crippen LogP contribution is -2.32. The average Bonchev–Trinajstić information content (AvgIpc) is 3.41. The van der Waals surface area contributed by atoms with Crippen molar-refractivity contribution in [3.63, 3.8) is 0 Å². The van der Waals surface area contributed by atoms with E-state index in [2.05, 4.69) is 47.6 Å². The molecule has 0 bridgehead atoms. The first-order chi connectivity index (χ1) is 12.1. The Morgan fingerprint density at radius 2 is 1.84 bits per heavy atom. The van der Waals surface area contributed by atoms with Crippen molar-refractivity contribution in [3.8, 4) is 0 Å². The molecule has 0 saturated heterocycles. The van der Waals surface area contributed by atoms with E-state index in [0.717, 1.165) is 29.4 Å². The number of hydrogen-bond donors (Lipinski definition) is 1. The molecule has 1 aliphatic carbocycles. The third-order valence-electron chi connectivity index (χ3n) is 5.23. The van der Waals surface area contributed by atoms with Crippen molar-refractivity contribution < 1.29 is 4.79 Å². The highest BCUT2D eigenvalue weighted by atomic mass is 16.1. The highest BCUT2D eigenvalue weighted by molar-refractivity contribution is 5.98. The minimum atomic E-state index is -0.0318. The third kappa shape index (κ3) is 3.02. The monoisotopic (exact) mass is 330 g/mol. The summed E-state index contributed by atoms with van der Waals surface area (Å²) in [4.78, 5) is 17.3. The molecule has 1 fully saturated rings. The van der Waals surface area contributed by atoms with Gasteiger partial charge in [-0.2, -0.15) is 0 Å². The van der Waals surface area contributed by atoms with Crippen LogP contribution in [0.15, 0.2) is 54.6 Å². The van der Waals surface area contributed by atoms with Gasteiger partial charge in [0.2, 0.25) is 0 Å². The second-order valence-corrected chi connectivity index (χ2v) is 7.15. The Morgan fingerprint density at radius 1 is 1.08 bits per heavy atom. The Bertz CT molecular complexity index is 943. The molecule has 1 heterocycles. The van der Waals surface area contributed by atoms with E-state index in [9.17, 15) is 4.79 Å². The molecule has 1 amide bonds. The van der Waals surface area contributed by atoms with E-state index in [1.54, 1.807) is 0 Å². The van der Waals surface area contributed by atoms with Crippen molar-refractivity contribution in [2.75, 3.05) is 6.54 Å². The van der Waals surface area contributed by atoms with Gasteiger partial charge in [0.05, 0.1) is 16.8 Å². The van der Waals surface area contributed by atoms with Gasteiger partial charge in [-0.15, -0.1) is 0 Å². The van der Waals surface area contributed by atoms with Crippen molar-refractivity contribution in [3.05, 3.63) is 77.0 Å². The Kier molecular flexibility index (Phi) is 3.79. The summed E-state index contributed by atoms with van der Waals surface area (Å²) in [6, 6.07) is 18.6. The van der Waals surface area contributed by atoms with E-state index < -0.39 is 0 Å². The van der Waals surface area contributed by atoms with Gasteiger partial charge in [0.25, 0.3) is 5.91 Å². The van der Waals surface area contributed by atoms with Gasteiger partial charge >= 0.3 is 0 Å². The fraction of sp³-hybridized carbons (Fsp3) is 0.273. The van der Waals surface area contributed by atoms with E-state index in [4.69, 9.17) is 0 Å². The molecule has 1 saturated carbocycles. The van der Waals surface area contributed by atoms with Crippen molar-refractivity contribution in [2.24, 2.45) is 0 Å². The Balaban J connectivity index is 1.55. The molecule has 3 aromatic rings. The van der Waals surface area contributed by atoms with Gasteiger partial charge in [-0.3, -0.25) is 9.78 Å².